The van der Waals surface area contributed by atoms with E-state index in [1.54, 1.807) is 21.3 Å². The highest BCUT2D eigenvalue weighted by molar-refractivity contribution is 6.60. The summed E-state index contributed by atoms with van der Waals surface area (Å²) < 4.78 is 21.7. The van der Waals surface area contributed by atoms with Crippen molar-refractivity contribution in [2.45, 2.75) is 50.9 Å². The summed E-state index contributed by atoms with van der Waals surface area (Å²) >= 11 is 0. The molecule has 1 saturated carbocycles. The van der Waals surface area contributed by atoms with Crippen molar-refractivity contribution in [3.8, 4) is 0 Å². The lowest BCUT2D eigenvalue weighted by atomic mass is 9.84. The van der Waals surface area contributed by atoms with Crippen LogP contribution in [0.1, 0.15) is 39.0 Å². The molecule has 0 aromatic rings. The van der Waals surface area contributed by atoms with Gasteiger partial charge in [-0.15, -0.1) is 0 Å². The van der Waals surface area contributed by atoms with E-state index in [-0.39, 0.29) is 0 Å². The molecule has 1 aliphatic rings. The molecule has 0 saturated heterocycles. The van der Waals surface area contributed by atoms with Crippen LogP contribution < -0.4 is 0 Å². The zero-order valence-electron chi connectivity index (χ0n) is 12.6. The second-order valence-corrected chi connectivity index (χ2v) is 8.25. The molecule has 6 heteroatoms. The second-order valence-electron chi connectivity index (χ2n) is 5.16. The van der Waals surface area contributed by atoms with E-state index in [1.807, 2.05) is 6.92 Å². The lowest BCUT2D eigenvalue weighted by Gasteiger charge is -2.36. The van der Waals surface area contributed by atoms with Gasteiger partial charge in [-0.2, -0.15) is 0 Å². The maximum atomic E-state index is 10.2. The Morgan fingerprint density at radius 3 is 2.05 bits per heavy atom. The first-order valence-electron chi connectivity index (χ1n) is 7.05. The normalized spacial score (nSPS) is 28.6. The Kier molecular flexibility index (Phi) is 6.92. The number of hydrogen-bond donors (Lipinski definition) is 1. The number of hydrogen-bond acceptors (Lipinski definition) is 5. The Morgan fingerprint density at radius 2 is 1.63 bits per heavy atom. The summed E-state index contributed by atoms with van der Waals surface area (Å²) in [4.78, 5) is 0. The lowest BCUT2D eigenvalue weighted by molar-refractivity contribution is -0.222. The molecule has 0 radical (unpaired) electrons. The van der Waals surface area contributed by atoms with E-state index in [0.717, 1.165) is 25.3 Å². The van der Waals surface area contributed by atoms with E-state index in [2.05, 4.69) is 0 Å². The average Bonchev–Trinajstić information content (AvgIpc) is 2.43. The van der Waals surface area contributed by atoms with Crippen LogP contribution in [0, 0.1) is 5.92 Å². The number of rotatable bonds is 8. The largest absolute Gasteiger partial charge is 0.500 e. The third-order valence-corrected chi connectivity index (χ3v) is 6.86. The van der Waals surface area contributed by atoms with Gasteiger partial charge in [-0.25, -0.2) is 0 Å². The molecule has 0 bridgehead atoms. The van der Waals surface area contributed by atoms with Crippen molar-refractivity contribution in [3.63, 3.8) is 0 Å². The van der Waals surface area contributed by atoms with Crippen LogP contribution in [0.3, 0.4) is 0 Å². The highest BCUT2D eigenvalue weighted by Gasteiger charge is 2.40. The average molecular weight is 292 g/mol. The summed E-state index contributed by atoms with van der Waals surface area (Å²) in [5, 5.41) is 10.2. The van der Waals surface area contributed by atoms with Gasteiger partial charge in [-0.1, -0.05) is 0 Å². The molecule has 1 fully saturated rings. The lowest BCUT2D eigenvalue weighted by Crippen LogP contribution is -2.43. The van der Waals surface area contributed by atoms with Gasteiger partial charge in [0.05, 0.1) is 0 Å². The van der Waals surface area contributed by atoms with Crippen molar-refractivity contribution in [1.29, 1.82) is 0 Å². The topological polar surface area (TPSA) is 57.2 Å². The highest BCUT2D eigenvalue weighted by atomic mass is 28.4. The van der Waals surface area contributed by atoms with E-state index in [4.69, 9.17) is 18.0 Å². The minimum atomic E-state index is -2.45. The van der Waals surface area contributed by atoms with Gasteiger partial charge in [0.2, 0.25) is 0 Å². The van der Waals surface area contributed by atoms with Gasteiger partial charge in [-0.05, 0) is 32.1 Å². The number of ether oxygens (including phenoxy) is 1. The molecule has 1 aliphatic carbocycles. The highest BCUT2D eigenvalue weighted by Crippen LogP contribution is 2.36. The van der Waals surface area contributed by atoms with Gasteiger partial charge >= 0.3 is 8.80 Å². The monoisotopic (exact) mass is 292 g/mol. The molecular weight excluding hydrogens is 264 g/mol. The van der Waals surface area contributed by atoms with Crippen LogP contribution in [-0.4, -0.2) is 47.6 Å². The van der Waals surface area contributed by atoms with Crippen molar-refractivity contribution in [2.24, 2.45) is 5.92 Å². The number of aliphatic hydroxyl groups is 1. The summed E-state index contributed by atoms with van der Waals surface area (Å²) in [6.45, 7) is 2.48. The van der Waals surface area contributed by atoms with Crippen LogP contribution in [0.2, 0.25) is 6.04 Å². The van der Waals surface area contributed by atoms with Gasteiger partial charge in [0.1, 0.15) is 0 Å². The van der Waals surface area contributed by atoms with Crippen LogP contribution in [0.15, 0.2) is 0 Å². The molecule has 0 aromatic heterocycles. The smallest absolute Gasteiger partial charge is 0.377 e. The standard InChI is InChI=1S/C13H28O5Si/c1-5-18-13(14)9-6-12(7-10-13)8-11-19(15-2,16-3)17-4/h12,14H,5-11H2,1-4H3. The van der Waals surface area contributed by atoms with Crippen molar-refractivity contribution in [1.82, 2.24) is 0 Å². The Morgan fingerprint density at radius 1 is 1.11 bits per heavy atom. The maximum absolute atomic E-state index is 10.2. The molecule has 1 N–H and O–H groups in total. The summed E-state index contributed by atoms with van der Waals surface area (Å²) in [6.07, 6.45) is 4.42. The van der Waals surface area contributed by atoms with Crippen molar-refractivity contribution < 1.29 is 23.1 Å². The minimum Gasteiger partial charge on any atom is -0.377 e. The van der Waals surface area contributed by atoms with Crippen LogP contribution in [-0.2, 0) is 18.0 Å². The minimum absolute atomic E-state index is 0.564. The molecule has 0 heterocycles. The van der Waals surface area contributed by atoms with E-state index >= 15 is 0 Å². The van der Waals surface area contributed by atoms with Gasteiger partial charge in [-0.3, -0.25) is 0 Å². The molecule has 0 unspecified atom stereocenters. The van der Waals surface area contributed by atoms with E-state index < -0.39 is 14.6 Å². The maximum Gasteiger partial charge on any atom is 0.500 e. The molecule has 5 nitrogen and oxygen atoms in total. The van der Waals surface area contributed by atoms with Crippen LogP contribution in [0.25, 0.3) is 0 Å². The van der Waals surface area contributed by atoms with E-state index in [0.29, 0.717) is 25.4 Å². The molecule has 0 aliphatic heterocycles. The molecule has 114 valence electrons. The first kappa shape index (κ1) is 17.1. The van der Waals surface area contributed by atoms with Gasteiger partial charge in [0.25, 0.3) is 0 Å². The first-order chi connectivity index (χ1) is 9.03. The van der Waals surface area contributed by atoms with Gasteiger partial charge in [0, 0.05) is 46.8 Å². The third kappa shape index (κ3) is 4.80. The third-order valence-electron chi connectivity index (χ3n) is 4.09. The summed E-state index contributed by atoms with van der Waals surface area (Å²) in [7, 11) is 2.49. The molecule has 0 amide bonds. The van der Waals surface area contributed by atoms with Crippen molar-refractivity contribution in [3.05, 3.63) is 0 Å². The quantitative estimate of drug-likeness (QED) is 0.549. The summed E-state index contributed by atoms with van der Waals surface area (Å²) in [6, 6.07) is 0.828. The van der Waals surface area contributed by atoms with E-state index in [1.165, 1.54) is 0 Å². The summed E-state index contributed by atoms with van der Waals surface area (Å²) in [5.74, 6) is -0.308. The molecular formula is C13H28O5Si. The van der Waals surface area contributed by atoms with Crippen molar-refractivity contribution in [2.75, 3.05) is 27.9 Å². The molecule has 0 spiro atoms. The Hall–Kier alpha value is 0.0169. The van der Waals surface area contributed by atoms with Crippen molar-refractivity contribution >= 4 is 8.80 Å². The fraction of sp³-hybridized carbons (Fsp3) is 1.00. The molecule has 1 rings (SSSR count). The van der Waals surface area contributed by atoms with Gasteiger partial charge < -0.3 is 23.1 Å². The fourth-order valence-corrected chi connectivity index (χ4v) is 4.64. The van der Waals surface area contributed by atoms with Crippen LogP contribution in [0.5, 0.6) is 0 Å². The molecule has 0 atom stereocenters. The predicted molar refractivity (Wildman–Crippen MR) is 74.7 cm³/mol. The molecule has 0 aromatic carbocycles. The zero-order valence-corrected chi connectivity index (χ0v) is 13.6. The molecule has 19 heavy (non-hydrogen) atoms. The first-order valence-corrected chi connectivity index (χ1v) is 8.98. The summed E-state index contributed by atoms with van der Waals surface area (Å²) in [5.41, 5.74) is 0. The second kappa shape index (κ2) is 7.71. The Labute approximate surface area is 117 Å². The van der Waals surface area contributed by atoms with Crippen LogP contribution in [0.4, 0.5) is 0 Å². The SMILES string of the molecule is CCOC1(O)CCC(CC[Si](OC)(OC)OC)CC1. The van der Waals surface area contributed by atoms with Crippen LogP contribution >= 0.6 is 0 Å². The zero-order chi connectivity index (χ0) is 14.4. The fourth-order valence-electron chi connectivity index (χ4n) is 2.77. The Bertz CT molecular complexity index is 241. The van der Waals surface area contributed by atoms with E-state index in [9.17, 15) is 5.11 Å². The van der Waals surface area contributed by atoms with Gasteiger partial charge in [0.15, 0.2) is 5.79 Å². The predicted octanol–water partition coefficient (Wildman–Crippen LogP) is 2.17. The Balaban J connectivity index is 2.37.